The Kier molecular flexibility index (Phi) is 9.78. The molecule has 1 amide bonds. The van der Waals surface area contributed by atoms with E-state index in [2.05, 4.69) is 17.9 Å². The van der Waals surface area contributed by atoms with Gasteiger partial charge in [-0.25, -0.2) is 0 Å². The van der Waals surface area contributed by atoms with Crippen LogP contribution in [0.1, 0.15) is 88.3 Å². The van der Waals surface area contributed by atoms with Crippen LogP contribution in [0.3, 0.4) is 0 Å². The monoisotopic (exact) mass is 500 g/mol. The van der Waals surface area contributed by atoms with Gasteiger partial charge in [-0.15, -0.1) is 0 Å². The molecular weight excluding hydrogens is 464 g/mol. The summed E-state index contributed by atoms with van der Waals surface area (Å²) in [6.07, 6.45) is 11.5. The summed E-state index contributed by atoms with van der Waals surface area (Å²) in [5, 5.41) is 9.80. The first kappa shape index (κ1) is 26.5. The van der Waals surface area contributed by atoms with Crippen LogP contribution in [0.15, 0.2) is 9.70 Å². The van der Waals surface area contributed by atoms with E-state index < -0.39 is 0 Å². The van der Waals surface area contributed by atoms with Crippen LogP contribution in [-0.2, 0) is 11.3 Å². The van der Waals surface area contributed by atoms with E-state index in [9.17, 15) is 14.9 Å². The Balaban J connectivity index is 2.09. The van der Waals surface area contributed by atoms with Gasteiger partial charge in [0, 0.05) is 31.7 Å². The summed E-state index contributed by atoms with van der Waals surface area (Å²) in [6.45, 7) is 8.95. The van der Waals surface area contributed by atoms with Gasteiger partial charge in [-0.05, 0) is 44.2 Å². The molecule has 3 rings (SSSR count). The minimum atomic E-state index is -0.235. The standard InChI is InChI=1S/C26H36N4O2S2/c1-4-6-7-12-16-30-25(32)22(34-26(30)33)17-20-19(3)21(18-27)24(31)29(13-5-2)23(20)28-14-10-8-9-11-15-28/h17H,4-16H2,1-3H3. The summed E-state index contributed by atoms with van der Waals surface area (Å²) in [6, 6.07) is 2.13. The number of carbonyl (C=O) groups is 1. The highest BCUT2D eigenvalue weighted by molar-refractivity contribution is 8.26. The minimum absolute atomic E-state index is 0.0699. The average molecular weight is 501 g/mol. The first-order valence-electron chi connectivity index (χ1n) is 12.6. The van der Waals surface area contributed by atoms with E-state index in [1.54, 1.807) is 9.47 Å². The number of carbonyl (C=O) groups excluding carboxylic acids is 1. The van der Waals surface area contributed by atoms with Gasteiger partial charge < -0.3 is 4.90 Å². The number of unbranched alkanes of at least 4 members (excludes halogenated alkanes) is 3. The quantitative estimate of drug-likeness (QED) is 0.250. The summed E-state index contributed by atoms with van der Waals surface area (Å²) in [5.41, 5.74) is 1.38. The number of thiocarbonyl (C=S) groups is 1. The van der Waals surface area contributed by atoms with E-state index in [0.717, 1.165) is 69.4 Å². The molecule has 0 aliphatic carbocycles. The molecule has 2 fully saturated rings. The van der Waals surface area contributed by atoms with E-state index in [4.69, 9.17) is 12.2 Å². The molecular formula is C26H36N4O2S2. The SMILES string of the molecule is CCCCCCN1C(=O)C(=Cc2c(C)c(C#N)c(=O)n(CCC)c2N2CCCCCC2)SC1=S. The van der Waals surface area contributed by atoms with Gasteiger partial charge in [0.2, 0.25) is 0 Å². The first-order valence-corrected chi connectivity index (χ1v) is 13.8. The molecule has 0 bridgehead atoms. The predicted molar refractivity (Wildman–Crippen MR) is 145 cm³/mol. The second-order valence-corrected chi connectivity index (χ2v) is 10.8. The molecule has 0 aromatic carbocycles. The first-order chi connectivity index (χ1) is 16.4. The number of rotatable bonds is 9. The van der Waals surface area contributed by atoms with E-state index in [1.165, 1.54) is 24.6 Å². The van der Waals surface area contributed by atoms with Crippen LogP contribution in [0.4, 0.5) is 5.82 Å². The van der Waals surface area contributed by atoms with E-state index >= 15 is 0 Å². The molecule has 2 aliphatic heterocycles. The number of anilines is 1. The number of hydrogen-bond acceptors (Lipinski definition) is 6. The Morgan fingerprint density at radius 1 is 1.03 bits per heavy atom. The van der Waals surface area contributed by atoms with Gasteiger partial charge in [-0.3, -0.25) is 19.1 Å². The van der Waals surface area contributed by atoms with Crippen LogP contribution >= 0.6 is 24.0 Å². The maximum atomic E-state index is 13.3. The molecule has 2 aliphatic rings. The topological polar surface area (TPSA) is 69.3 Å². The van der Waals surface area contributed by atoms with Crippen LogP contribution in [0.5, 0.6) is 0 Å². The maximum absolute atomic E-state index is 13.3. The molecule has 0 radical (unpaired) electrons. The summed E-state index contributed by atoms with van der Waals surface area (Å²) >= 11 is 6.87. The lowest BCUT2D eigenvalue weighted by atomic mass is 10.0. The second-order valence-electron chi connectivity index (χ2n) is 9.10. The minimum Gasteiger partial charge on any atom is -0.357 e. The fourth-order valence-electron chi connectivity index (χ4n) is 4.72. The molecule has 34 heavy (non-hydrogen) atoms. The van der Waals surface area contributed by atoms with Crippen LogP contribution < -0.4 is 10.5 Å². The van der Waals surface area contributed by atoms with Crippen molar-refractivity contribution in [3.63, 3.8) is 0 Å². The van der Waals surface area contributed by atoms with Gasteiger partial charge in [0.05, 0.1) is 4.91 Å². The number of amides is 1. The van der Waals surface area contributed by atoms with Gasteiger partial charge in [0.1, 0.15) is 21.8 Å². The van der Waals surface area contributed by atoms with Crippen molar-refractivity contribution in [3.05, 3.63) is 31.9 Å². The van der Waals surface area contributed by atoms with Crippen molar-refractivity contribution in [2.24, 2.45) is 0 Å². The molecule has 184 valence electrons. The highest BCUT2D eigenvalue weighted by atomic mass is 32.2. The van der Waals surface area contributed by atoms with Crippen LogP contribution in [0.2, 0.25) is 0 Å². The molecule has 1 aromatic heterocycles. The lowest BCUT2D eigenvalue weighted by Gasteiger charge is -2.29. The van der Waals surface area contributed by atoms with E-state index in [-0.39, 0.29) is 17.0 Å². The van der Waals surface area contributed by atoms with Crippen molar-refractivity contribution >= 4 is 46.1 Å². The van der Waals surface area contributed by atoms with Gasteiger partial charge in [0.15, 0.2) is 0 Å². The van der Waals surface area contributed by atoms with Crippen LogP contribution in [0.25, 0.3) is 6.08 Å². The Morgan fingerprint density at radius 3 is 2.35 bits per heavy atom. The molecule has 0 unspecified atom stereocenters. The van der Waals surface area contributed by atoms with Crippen molar-refractivity contribution in [2.45, 2.75) is 85.1 Å². The third kappa shape index (κ3) is 5.75. The third-order valence-electron chi connectivity index (χ3n) is 6.58. The van der Waals surface area contributed by atoms with E-state index in [0.29, 0.717) is 27.9 Å². The molecule has 1 aromatic rings. The number of nitriles is 1. The molecule has 3 heterocycles. The van der Waals surface area contributed by atoms with Crippen molar-refractivity contribution < 1.29 is 4.79 Å². The summed E-state index contributed by atoms with van der Waals surface area (Å²) in [7, 11) is 0. The van der Waals surface area contributed by atoms with Gasteiger partial charge in [0.25, 0.3) is 11.5 Å². The zero-order valence-electron chi connectivity index (χ0n) is 20.7. The van der Waals surface area contributed by atoms with Crippen LogP contribution in [-0.4, -0.2) is 39.3 Å². The van der Waals surface area contributed by atoms with Gasteiger partial charge in [-0.1, -0.05) is 69.9 Å². The molecule has 2 saturated heterocycles. The average Bonchev–Trinajstić information content (AvgIpc) is 2.99. The van der Waals surface area contributed by atoms with Crippen molar-refractivity contribution in [1.82, 2.24) is 9.47 Å². The maximum Gasteiger partial charge on any atom is 0.270 e. The third-order valence-corrected chi connectivity index (χ3v) is 7.96. The zero-order chi connectivity index (χ0) is 24.7. The number of thioether (sulfide) groups is 1. The number of pyridine rings is 1. The van der Waals surface area contributed by atoms with Gasteiger partial charge >= 0.3 is 0 Å². The van der Waals surface area contributed by atoms with E-state index in [1.807, 2.05) is 19.9 Å². The Labute approximate surface area is 213 Å². The molecule has 8 heteroatoms. The molecule has 0 saturated carbocycles. The predicted octanol–water partition coefficient (Wildman–Crippen LogP) is 5.60. The highest BCUT2D eigenvalue weighted by Crippen LogP contribution is 2.36. The smallest absolute Gasteiger partial charge is 0.270 e. The summed E-state index contributed by atoms with van der Waals surface area (Å²) < 4.78 is 2.35. The second kappa shape index (κ2) is 12.6. The Bertz CT molecular complexity index is 1050. The lowest BCUT2D eigenvalue weighted by molar-refractivity contribution is -0.122. The van der Waals surface area contributed by atoms with Crippen molar-refractivity contribution in [1.29, 1.82) is 5.26 Å². The lowest BCUT2D eigenvalue weighted by Crippen LogP contribution is -2.35. The Hall–Kier alpha value is -2.11. The number of hydrogen-bond donors (Lipinski definition) is 0. The largest absolute Gasteiger partial charge is 0.357 e. The Morgan fingerprint density at radius 2 is 1.74 bits per heavy atom. The fraction of sp³-hybridized carbons (Fsp3) is 0.615. The van der Waals surface area contributed by atoms with Crippen molar-refractivity contribution in [3.8, 4) is 6.07 Å². The fourth-order valence-corrected chi connectivity index (χ4v) is 6.01. The zero-order valence-corrected chi connectivity index (χ0v) is 22.3. The number of aromatic nitrogens is 1. The molecule has 0 N–H and O–H groups in total. The van der Waals surface area contributed by atoms with Gasteiger partial charge in [-0.2, -0.15) is 5.26 Å². The van der Waals surface area contributed by atoms with Crippen LogP contribution in [0, 0.1) is 18.3 Å². The number of nitrogens with zero attached hydrogens (tertiary/aromatic N) is 4. The highest BCUT2D eigenvalue weighted by Gasteiger charge is 2.33. The van der Waals surface area contributed by atoms with Crippen molar-refractivity contribution in [2.75, 3.05) is 24.5 Å². The molecule has 0 spiro atoms. The summed E-state index contributed by atoms with van der Waals surface area (Å²) in [4.78, 5) is 31.1. The normalized spacial score (nSPS) is 18.0. The molecule has 0 atom stereocenters. The molecule has 6 nitrogen and oxygen atoms in total. The summed E-state index contributed by atoms with van der Waals surface area (Å²) in [5.74, 6) is 0.776.